The lowest BCUT2D eigenvalue weighted by Crippen LogP contribution is -2.40. The van der Waals surface area contributed by atoms with Crippen molar-refractivity contribution in [2.75, 3.05) is 6.61 Å². The van der Waals surface area contributed by atoms with Crippen LogP contribution in [0.25, 0.3) is 0 Å². The number of carbonyl (C=O) groups excluding carboxylic acids is 1. The topological polar surface area (TPSA) is 64.3 Å². The van der Waals surface area contributed by atoms with Gasteiger partial charge in [-0.15, -0.1) is 12.4 Å². The van der Waals surface area contributed by atoms with Gasteiger partial charge in [0.1, 0.15) is 5.75 Å². The monoisotopic (exact) mass is 342 g/mol. The van der Waals surface area contributed by atoms with Gasteiger partial charge in [0.05, 0.1) is 18.7 Å². The minimum Gasteiger partial charge on any atom is -0.493 e. The third-order valence-corrected chi connectivity index (χ3v) is 3.30. The molecule has 0 bridgehead atoms. The number of ether oxygens (including phenoxy) is 1. The third-order valence-electron chi connectivity index (χ3n) is 3.30. The SMILES string of the molecule is CC(C)COc1ccccc1C(CC(C)C)NC(=O)[C@H](C)N.Cl. The molecule has 4 nitrogen and oxygen atoms in total. The Bertz CT molecular complexity index is 476. The standard InChI is InChI=1S/C18H30N2O2.ClH/c1-12(2)10-16(20-18(21)14(5)19)15-8-6-7-9-17(15)22-11-13(3)4;/h6-9,12-14,16H,10-11,19H2,1-5H3,(H,20,21);1H/t14-,16?;/m0./s1. The highest BCUT2D eigenvalue weighted by Crippen LogP contribution is 2.30. The van der Waals surface area contributed by atoms with Crippen LogP contribution in [0, 0.1) is 11.8 Å². The summed E-state index contributed by atoms with van der Waals surface area (Å²) >= 11 is 0. The van der Waals surface area contributed by atoms with Gasteiger partial charge in [0.25, 0.3) is 0 Å². The summed E-state index contributed by atoms with van der Waals surface area (Å²) in [7, 11) is 0. The molecule has 1 aromatic carbocycles. The Hall–Kier alpha value is -1.26. The summed E-state index contributed by atoms with van der Waals surface area (Å²) in [5, 5.41) is 3.05. The summed E-state index contributed by atoms with van der Waals surface area (Å²) in [6, 6.07) is 7.31. The van der Waals surface area contributed by atoms with E-state index < -0.39 is 6.04 Å². The van der Waals surface area contributed by atoms with Crippen LogP contribution in [-0.4, -0.2) is 18.6 Å². The first-order chi connectivity index (χ1) is 10.3. The molecule has 0 aliphatic rings. The van der Waals surface area contributed by atoms with Crippen molar-refractivity contribution in [1.29, 1.82) is 0 Å². The molecule has 0 spiro atoms. The van der Waals surface area contributed by atoms with Crippen LogP contribution in [0.4, 0.5) is 0 Å². The molecule has 0 saturated carbocycles. The van der Waals surface area contributed by atoms with Gasteiger partial charge in [-0.1, -0.05) is 45.9 Å². The summed E-state index contributed by atoms with van der Waals surface area (Å²) in [5.74, 6) is 1.61. The molecule has 3 N–H and O–H groups in total. The molecule has 0 fully saturated rings. The summed E-state index contributed by atoms with van der Waals surface area (Å²) in [4.78, 5) is 12.0. The summed E-state index contributed by atoms with van der Waals surface area (Å²) in [6.07, 6.45) is 0.848. The number of rotatable bonds is 8. The lowest BCUT2D eigenvalue weighted by atomic mass is 9.96. The van der Waals surface area contributed by atoms with E-state index in [1.807, 2.05) is 24.3 Å². The second-order valence-corrected chi connectivity index (χ2v) is 6.72. The number of nitrogens with two attached hydrogens (primary N) is 1. The number of benzene rings is 1. The number of nitrogens with one attached hydrogen (secondary N) is 1. The van der Waals surface area contributed by atoms with Gasteiger partial charge in [0, 0.05) is 5.56 Å². The first kappa shape index (κ1) is 21.7. The van der Waals surface area contributed by atoms with E-state index in [1.54, 1.807) is 6.92 Å². The van der Waals surface area contributed by atoms with Crippen LogP contribution in [0.2, 0.25) is 0 Å². The number of hydrogen-bond donors (Lipinski definition) is 2. The van der Waals surface area contributed by atoms with E-state index in [0.29, 0.717) is 18.4 Å². The van der Waals surface area contributed by atoms with Crippen LogP contribution < -0.4 is 15.8 Å². The van der Waals surface area contributed by atoms with Gasteiger partial charge in [-0.25, -0.2) is 0 Å². The predicted molar refractivity (Wildman–Crippen MR) is 98.0 cm³/mol. The fourth-order valence-electron chi connectivity index (χ4n) is 2.19. The Balaban J connectivity index is 0.00000484. The minimum absolute atomic E-state index is 0. The van der Waals surface area contributed by atoms with Crippen LogP contribution >= 0.6 is 12.4 Å². The second-order valence-electron chi connectivity index (χ2n) is 6.72. The molecule has 0 heterocycles. The number of hydrogen-bond acceptors (Lipinski definition) is 3. The summed E-state index contributed by atoms with van der Waals surface area (Å²) in [6.45, 7) is 10.9. The number of carbonyl (C=O) groups is 1. The first-order valence-corrected chi connectivity index (χ1v) is 8.09. The Morgan fingerprint density at radius 1 is 1.13 bits per heavy atom. The quantitative estimate of drug-likeness (QED) is 0.757. The molecule has 1 unspecified atom stereocenters. The zero-order valence-corrected chi connectivity index (χ0v) is 15.7. The molecule has 2 atom stereocenters. The fraction of sp³-hybridized carbons (Fsp3) is 0.611. The van der Waals surface area contributed by atoms with Gasteiger partial charge < -0.3 is 15.8 Å². The van der Waals surface area contributed by atoms with Crippen molar-refractivity contribution in [3.63, 3.8) is 0 Å². The van der Waals surface area contributed by atoms with Gasteiger partial charge in [0.15, 0.2) is 0 Å². The fourth-order valence-corrected chi connectivity index (χ4v) is 2.19. The molecule has 132 valence electrons. The maximum absolute atomic E-state index is 12.0. The highest BCUT2D eigenvalue weighted by atomic mass is 35.5. The van der Waals surface area contributed by atoms with E-state index in [0.717, 1.165) is 17.7 Å². The maximum atomic E-state index is 12.0. The average Bonchev–Trinajstić information content (AvgIpc) is 2.44. The van der Waals surface area contributed by atoms with Crippen molar-refractivity contribution in [3.8, 4) is 5.75 Å². The first-order valence-electron chi connectivity index (χ1n) is 8.09. The van der Waals surface area contributed by atoms with Gasteiger partial charge in [0.2, 0.25) is 5.91 Å². The molecule has 5 heteroatoms. The normalized spacial score (nSPS) is 13.4. The van der Waals surface area contributed by atoms with Gasteiger partial charge in [-0.2, -0.15) is 0 Å². The van der Waals surface area contributed by atoms with E-state index in [9.17, 15) is 4.79 Å². The molecule has 0 aliphatic carbocycles. The predicted octanol–water partition coefficient (Wildman–Crippen LogP) is 3.69. The van der Waals surface area contributed by atoms with Gasteiger partial charge in [-0.3, -0.25) is 4.79 Å². The molecule has 1 aromatic rings. The molecule has 1 rings (SSSR count). The highest BCUT2D eigenvalue weighted by Gasteiger charge is 2.21. The second kappa shape index (κ2) is 10.5. The van der Waals surface area contributed by atoms with Crippen molar-refractivity contribution in [1.82, 2.24) is 5.32 Å². The Morgan fingerprint density at radius 3 is 2.26 bits per heavy atom. The van der Waals surface area contributed by atoms with Gasteiger partial charge >= 0.3 is 0 Å². The Kier molecular flexibility index (Phi) is 9.93. The number of amides is 1. The number of para-hydroxylation sites is 1. The van der Waals surface area contributed by atoms with Crippen LogP contribution in [0.5, 0.6) is 5.75 Å². The number of halogens is 1. The molecular formula is C18H31ClN2O2. The molecule has 1 amide bonds. The van der Waals surface area contributed by atoms with E-state index in [2.05, 4.69) is 33.0 Å². The Labute approximate surface area is 146 Å². The largest absolute Gasteiger partial charge is 0.493 e. The third kappa shape index (κ3) is 7.71. The van der Waals surface area contributed by atoms with Crippen molar-refractivity contribution in [2.45, 2.75) is 53.1 Å². The van der Waals surface area contributed by atoms with Crippen molar-refractivity contribution < 1.29 is 9.53 Å². The van der Waals surface area contributed by atoms with Crippen molar-refractivity contribution in [2.24, 2.45) is 17.6 Å². The zero-order chi connectivity index (χ0) is 16.7. The Morgan fingerprint density at radius 2 is 1.74 bits per heavy atom. The molecular weight excluding hydrogens is 312 g/mol. The average molecular weight is 343 g/mol. The molecule has 0 aliphatic heterocycles. The minimum atomic E-state index is -0.515. The maximum Gasteiger partial charge on any atom is 0.237 e. The molecule has 0 saturated heterocycles. The lowest BCUT2D eigenvalue weighted by Gasteiger charge is -2.24. The highest BCUT2D eigenvalue weighted by molar-refractivity contribution is 5.85. The van der Waals surface area contributed by atoms with Crippen LogP contribution in [0.3, 0.4) is 0 Å². The zero-order valence-electron chi connectivity index (χ0n) is 14.8. The van der Waals surface area contributed by atoms with Crippen LogP contribution in [0.1, 0.15) is 52.6 Å². The smallest absolute Gasteiger partial charge is 0.237 e. The van der Waals surface area contributed by atoms with E-state index in [1.165, 1.54) is 0 Å². The van der Waals surface area contributed by atoms with Crippen LogP contribution in [-0.2, 0) is 4.79 Å². The molecule has 0 aromatic heterocycles. The van der Waals surface area contributed by atoms with E-state index in [4.69, 9.17) is 10.5 Å². The van der Waals surface area contributed by atoms with Crippen molar-refractivity contribution >= 4 is 18.3 Å². The van der Waals surface area contributed by atoms with Gasteiger partial charge in [-0.05, 0) is 31.2 Å². The molecule has 0 radical (unpaired) electrons. The lowest BCUT2D eigenvalue weighted by molar-refractivity contribution is -0.122. The summed E-state index contributed by atoms with van der Waals surface area (Å²) in [5.41, 5.74) is 6.71. The van der Waals surface area contributed by atoms with E-state index in [-0.39, 0.29) is 24.4 Å². The van der Waals surface area contributed by atoms with E-state index >= 15 is 0 Å². The van der Waals surface area contributed by atoms with Crippen LogP contribution in [0.15, 0.2) is 24.3 Å². The van der Waals surface area contributed by atoms with Crippen molar-refractivity contribution in [3.05, 3.63) is 29.8 Å². The molecule has 23 heavy (non-hydrogen) atoms. The summed E-state index contributed by atoms with van der Waals surface area (Å²) < 4.78 is 5.92.